The molecule has 0 radical (unpaired) electrons. The molecule has 0 bridgehead atoms. The van der Waals surface area contributed by atoms with E-state index in [9.17, 15) is 4.79 Å². The highest BCUT2D eigenvalue weighted by molar-refractivity contribution is 7.99. The molecular weight excluding hydrogens is 320 g/mol. The second kappa shape index (κ2) is 6.14. The minimum absolute atomic E-state index is 0.170. The van der Waals surface area contributed by atoms with Gasteiger partial charge in [-0.1, -0.05) is 37.2 Å². The molecule has 0 aliphatic heterocycles. The predicted molar refractivity (Wildman–Crippen MR) is 90.1 cm³/mol. The topological polar surface area (TPSA) is 63.6 Å². The zero-order valence-corrected chi connectivity index (χ0v) is 13.8. The number of nitrogens with zero attached hydrogens (tertiary/aromatic N) is 3. The SMILES string of the molecule is CC(C)CSc1nc2c(cnn2-c2ccc(Cl)cc2)c(=O)[nH]1. The van der Waals surface area contributed by atoms with E-state index in [-0.39, 0.29) is 5.56 Å². The lowest BCUT2D eigenvalue weighted by Crippen LogP contribution is -2.10. The van der Waals surface area contributed by atoms with Gasteiger partial charge in [0, 0.05) is 10.8 Å². The molecule has 114 valence electrons. The van der Waals surface area contributed by atoms with Crippen LogP contribution in [0.4, 0.5) is 0 Å². The summed E-state index contributed by atoms with van der Waals surface area (Å²) in [5.74, 6) is 1.41. The first-order valence-corrected chi connectivity index (χ1v) is 8.28. The average Bonchev–Trinajstić information content (AvgIpc) is 2.90. The van der Waals surface area contributed by atoms with Gasteiger partial charge in [0.25, 0.3) is 5.56 Å². The molecule has 22 heavy (non-hydrogen) atoms. The van der Waals surface area contributed by atoms with E-state index in [1.54, 1.807) is 16.8 Å². The van der Waals surface area contributed by atoms with E-state index in [1.807, 2.05) is 12.1 Å². The van der Waals surface area contributed by atoms with Gasteiger partial charge in [0.1, 0.15) is 5.39 Å². The summed E-state index contributed by atoms with van der Waals surface area (Å²) in [6.07, 6.45) is 1.53. The van der Waals surface area contributed by atoms with Crippen LogP contribution in [-0.4, -0.2) is 25.5 Å². The van der Waals surface area contributed by atoms with Crippen molar-refractivity contribution in [3.63, 3.8) is 0 Å². The maximum atomic E-state index is 12.2. The molecule has 0 amide bonds. The largest absolute Gasteiger partial charge is 0.301 e. The van der Waals surface area contributed by atoms with Crippen LogP contribution >= 0.6 is 23.4 Å². The lowest BCUT2D eigenvalue weighted by molar-refractivity contribution is 0.747. The van der Waals surface area contributed by atoms with Gasteiger partial charge in [0.2, 0.25) is 0 Å². The highest BCUT2D eigenvalue weighted by atomic mass is 35.5. The Hall–Kier alpha value is -1.79. The van der Waals surface area contributed by atoms with Crippen molar-refractivity contribution in [2.45, 2.75) is 19.0 Å². The Kier molecular flexibility index (Phi) is 4.22. The Morgan fingerprint density at radius 2 is 2.05 bits per heavy atom. The Bertz CT molecular complexity index is 854. The van der Waals surface area contributed by atoms with Crippen molar-refractivity contribution in [3.05, 3.63) is 45.8 Å². The van der Waals surface area contributed by atoms with Crippen molar-refractivity contribution in [1.29, 1.82) is 0 Å². The number of hydrogen-bond donors (Lipinski definition) is 1. The maximum absolute atomic E-state index is 12.2. The lowest BCUT2D eigenvalue weighted by atomic mass is 10.3. The Morgan fingerprint density at radius 1 is 1.32 bits per heavy atom. The molecule has 0 spiro atoms. The molecule has 5 nitrogen and oxygen atoms in total. The minimum atomic E-state index is -0.170. The molecule has 3 rings (SSSR count). The summed E-state index contributed by atoms with van der Waals surface area (Å²) in [5.41, 5.74) is 1.20. The molecule has 1 N–H and O–H groups in total. The van der Waals surface area contributed by atoms with Gasteiger partial charge in [-0.25, -0.2) is 9.67 Å². The van der Waals surface area contributed by atoms with E-state index in [0.29, 0.717) is 27.1 Å². The van der Waals surface area contributed by atoms with Crippen molar-refractivity contribution in [3.8, 4) is 5.69 Å². The summed E-state index contributed by atoms with van der Waals surface area (Å²) in [4.78, 5) is 19.5. The molecule has 0 saturated heterocycles. The lowest BCUT2D eigenvalue weighted by Gasteiger charge is -2.06. The molecule has 0 saturated carbocycles. The van der Waals surface area contributed by atoms with Crippen LogP contribution in [0, 0.1) is 5.92 Å². The third kappa shape index (κ3) is 3.03. The Labute approximate surface area is 136 Å². The molecular formula is C15H15ClN4OS. The second-order valence-electron chi connectivity index (χ2n) is 5.35. The van der Waals surface area contributed by atoms with Crippen LogP contribution in [0.3, 0.4) is 0 Å². The van der Waals surface area contributed by atoms with Crippen LogP contribution in [0.2, 0.25) is 5.02 Å². The van der Waals surface area contributed by atoms with Crippen molar-refractivity contribution in [2.75, 3.05) is 5.75 Å². The van der Waals surface area contributed by atoms with E-state index in [1.165, 1.54) is 18.0 Å². The summed E-state index contributed by atoms with van der Waals surface area (Å²) in [7, 11) is 0. The van der Waals surface area contributed by atoms with E-state index in [0.717, 1.165) is 11.4 Å². The number of nitrogens with one attached hydrogen (secondary N) is 1. The first-order chi connectivity index (χ1) is 10.5. The van der Waals surface area contributed by atoms with Crippen LogP contribution in [0.1, 0.15) is 13.8 Å². The number of H-pyrrole nitrogens is 1. The van der Waals surface area contributed by atoms with E-state index in [4.69, 9.17) is 11.6 Å². The average molecular weight is 335 g/mol. The summed E-state index contributed by atoms with van der Waals surface area (Å²) in [6.45, 7) is 4.25. The standard InChI is InChI=1S/C15H15ClN4OS/c1-9(2)8-22-15-18-13-12(14(21)19-15)7-17-20(13)11-5-3-10(16)4-6-11/h3-7,9H,8H2,1-2H3,(H,18,19,21). The quantitative estimate of drug-likeness (QED) is 0.586. The number of fused-ring (bicyclic) bond motifs is 1. The number of hydrogen-bond acceptors (Lipinski definition) is 4. The number of aromatic amines is 1. The Balaban J connectivity index is 2.08. The number of rotatable bonds is 4. The first kappa shape index (κ1) is 15.1. The third-order valence-electron chi connectivity index (χ3n) is 3.04. The van der Waals surface area contributed by atoms with Gasteiger partial charge in [-0.3, -0.25) is 4.79 Å². The van der Waals surface area contributed by atoms with Crippen molar-refractivity contribution < 1.29 is 0 Å². The monoisotopic (exact) mass is 334 g/mol. The van der Waals surface area contributed by atoms with E-state index < -0.39 is 0 Å². The second-order valence-corrected chi connectivity index (χ2v) is 6.79. The van der Waals surface area contributed by atoms with Gasteiger partial charge in [-0.2, -0.15) is 5.10 Å². The summed E-state index contributed by atoms with van der Waals surface area (Å²) in [6, 6.07) is 7.26. The zero-order chi connectivity index (χ0) is 15.7. The number of aromatic nitrogens is 4. The van der Waals surface area contributed by atoms with Crippen LogP contribution in [0.5, 0.6) is 0 Å². The zero-order valence-electron chi connectivity index (χ0n) is 12.2. The summed E-state index contributed by atoms with van der Waals surface area (Å²) >= 11 is 7.45. The molecule has 1 aromatic carbocycles. The number of benzene rings is 1. The molecule has 0 fully saturated rings. The predicted octanol–water partition coefficient (Wildman–Crippen LogP) is 3.51. The molecule has 2 aromatic heterocycles. The third-order valence-corrected chi connectivity index (χ3v) is 4.59. The van der Waals surface area contributed by atoms with Crippen LogP contribution < -0.4 is 5.56 Å². The van der Waals surface area contributed by atoms with Gasteiger partial charge in [-0.15, -0.1) is 0 Å². The summed E-state index contributed by atoms with van der Waals surface area (Å²) in [5, 5.41) is 6.01. The van der Waals surface area contributed by atoms with E-state index >= 15 is 0 Å². The van der Waals surface area contributed by atoms with Crippen molar-refractivity contribution in [1.82, 2.24) is 19.7 Å². The fourth-order valence-electron chi connectivity index (χ4n) is 1.98. The molecule has 0 aliphatic carbocycles. The molecule has 2 heterocycles. The molecule has 0 atom stereocenters. The van der Waals surface area contributed by atoms with Gasteiger partial charge in [-0.05, 0) is 30.2 Å². The highest BCUT2D eigenvalue weighted by Crippen LogP contribution is 2.20. The number of thioether (sulfide) groups is 1. The fraction of sp³-hybridized carbons (Fsp3) is 0.267. The normalized spacial score (nSPS) is 11.5. The van der Waals surface area contributed by atoms with Crippen molar-refractivity contribution >= 4 is 34.4 Å². The minimum Gasteiger partial charge on any atom is -0.301 e. The van der Waals surface area contributed by atoms with Crippen LogP contribution in [0.25, 0.3) is 16.7 Å². The molecule has 0 aliphatic rings. The van der Waals surface area contributed by atoms with Crippen LogP contribution in [0.15, 0.2) is 40.4 Å². The summed E-state index contributed by atoms with van der Waals surface area (Å²) < 4.78 is 1.65. The Morgan fingerprint density at radius 3 is 2.73 bits per heavy atom. The maximum Gasteiger partial charge on any atom is 0.262 e. The fourth-order valence-corrected chi connectivity index (χ4v) is 2.92. The van der Waals surface area contributed by atoms with Gasteiger partial charge in [0.15, 0.2) is 10.8 Å². The molecule has 3 aromatic rings. The van der Waals surface area contributed by atoms with Gasteiger partial charge >= 0.3 is 0 Å². The van der Waals surface area contributed by atoms with Gasteiger partial charge in [0.05, 0.1) is 11.9 Å². The molecule has 7 heteroatoms. The van der Waals surface area contributed by atoms with Crippen molar-refractivity contribution in [2.24, 2.45) is 5.92 Å². The van der Waals surface area contributed by atoms with Gasteiger partial charge < -0.3 is 4.98 Å². The van der Waals surface area contributed by atoms with Crippen LogP contribution in [-0.2, 0) is 0 Å². The van der Waals surface area contributed by atoms with E-state index in [2.05, 4.69) is 28.9 Å². The smallest absolute Gasteiger partial charge is 0.262 e. The first-order valence-electron chi connectivity index (χ1n) is 6.91. The highest BCUT2D eigenvalue weighted by Gasteiger charge is 2.12. The molecule has 0 unspecified atom stereocenters. The number of halogens is 1.